The fraction of sp³-hybridized carbons (Fsp3) is 0.700. The first kappa shape index (κ1) is 10.1. The van der Waals surface area contributed by atoms with Gasteiger partial charge in [-0.3, -0.25) is 0 Å². The summed E-state index contributed by atoms with van der Waals surface area (Å²) in [5, 5.41) is 4.58. The minimum Gasteiger partial charge on any atom is -0.377 e. The van der Waals surface area contributed by atoms with Crippen molar-refractivity contribution in [3.63, 3.8) is 0 Å². The first-order valence-corrected chi connectivity index (χ1v) is 5.96. The maximum absolute atomic E-state index is 5.49. The molecular weight excluding hydrogens is 198 g/mol. The van der Waals surface area contributed by atoms with E-state index < -0.39 is 0 Å². The molecule has 1 fully saturated rings. The van der Waals surface area contributed by atoms with Crippen molar-refractivity contribution in [2.45, 2.75) is 37.4 Å². The predicted molar refractivity (Wildman–Crippen MR) is 56.4 cm³/mol. The molecule has 0 bridgehead atoms. The van der Waals surface area contributed by atoms with Gasteiger partial charge in [-0.25, -0.2) is 0 Å². The van der Waals surface area contributed by atoms with E-state index in [0.717, 1.165) is 30.2 Å². The Bertz CT molecular complexity index is 300. The molecule has 0 spiro atoms. The van der Waals surface area contributed by atoms with Crippen LogP contribution in [0.25, 0.3) is 0 Å². The van der Waals surface area contributed by atoms with Gasteiger partial charge < -0.3 is 9.26 Å². The molecule has 0 saturated carbocycles. The summed E-state index contributed by atoms with van der Waals surface area (Å²) < 4.78 is 10.5. The van der Waals surface area contributed by atoms with Gasteiger partial charge in [0.15, 0.2) is 0 Å². The van der Waals surface area contributed by atoms with Gasteiger partial charge in [0.2, 0.25) is 0 Å². The van der Waals surface area contributed by atoms with Crippen LogP contribution < -0.4 is 0 Å². The lowest BCUT2D eigenvalue weighted by molar-refractivity contribution is 0.127. The molecule has 3 nitrogen and oxygen atoms in total. The summed E-state index contributed by atoms with van der Waals surface area (Å²) in [6.07, 6.45) is 1.54. The first-order chi connectivity index (χ1) is 6.75. The summed E-state index contributed by atoms with van der Waals surface area (Å²) in [7, 11) is 0. The number of nitrogens with zero attached hydrogens (tertiary/aromatic N) is 1. The molecule has 2 heterocycles. The van der Waals surface area contributed by atoms with E-state index in [0.29, 0.717) is 11.4 Å². The number of thioether (sulfide) groups is 1. The Kier molecular flexibility index (Phi) is 3.13. The standard InChI is InChI=1S/C10H15NO2S/c1-7-5-9(11-13-7)6-14-10-3-4-12-8(10)2/h5,8,10H,3-4,6H2,1-2H3. The van der Waals surface area contributed by atoms with E-state index in [4.69, 9.17) is 9.26 Å². The number of hydrogen-bond acceptors (Lipinski definition) is 4. The summed E-state index contributed by atoms with van der Waals surface area (Å²) >= 11 is 1.91. The van der Waals surface area contributed by atoms with Crippen LogP contribution in [0, 0.1) is 6.92 Å². The van der Waals surface area contributed by atoms with Crippen LogP contribution >= 0.6 is 11.8 Å². The second-order valence-electron chi connectivity index (χ2n) is 3.64. The molecule has 0 N–H and O–H groups in total. The van der Waals surface area contributed by atoms with Gasteiger partial charge in [-0.1, -0.05) is 5.16 Å². The van der Waals surface area contributed by atoms with Crippen molar-refractivity contribution in [3.05, 3.63) is 17.5 Å². The third kappa shape index (κ3) is 2.30. The molecule has 2 rings (SSSR count). The van der Waals surface area contributed by atoms with Gasteiger partial charge in [0.05, 0.1) is 11.8 Å². The molecule has 0 radical (unpaired) electrons. The molecule has 14 heavy (non-hydrogen) atoms. The SMILES string of the molecule is Cc1cc(CSC2CCOC2C)no1. The Morgan fingerprint density at radius 1 is 1.64 bits per heavy atom. The molecule has 1 aromatic rings. The van der Waals surface area contributed by atoms with E-state index in [1.54, 1.807) is 0 Å². The molecule has 0 aromatic carbocycles. The highest BCUT2D eigenvalue weighted by Gasteiger charge is 2.24. The summed E-state index contributed by atoms with van der Waals surface area (Å²) in [5.74, 6) is 1.81. The van der Waals surface area contributed by atoms with Crippen molar-refractivity contribution in [2.24, 2.45) is 0 Å². The Labute approximate surface area is 88.2 Å². The lowest BCUT2D eigenvalue weighted by Crippen LogP contribution is -2.13. The second-order valence-corrected chi connectivity index (χ2v) is 4.87. The number of aromatic nitrogens is 1. The van der Waals surface area contributed by atoms with Crippen LogP contribution in [0.4, 0.5) is 0 Å². The topological polar surface area (TPSA) is 35.3 Å². The van der Waals surface area contributed by atoms with Gasteiger partial charge in [-0.15, -0.1) is 11.8 Å². The van der Waals surface area contributed by atoms with Crippen molar-refractivity contribution in [1.82, 2.24) is 5.16 Å². The Hall–Kier alpha value is -0.480. The highest BCUT2D eigenvalue weighted by Crippen LogP contribution is 2.28. The van der Waals surface area contributed by atoms with Crippen molar-refractivity contribution in [2.75, 3.05) is 6.61 Å². The van der Waals surface area contributed by atoms with Gasteiger partial charge >= 0.3 is 0 Å². The molecule has 1 aromatic heterocycles. The minimum absolute atomic E-state index is 0.382. The van der Waals surface area contributed by atoms with Crippen LogP contribution in [-0.2, 0) is 10.5 Å². The fourth-order valence-corrected chi connectivity index (χ4v) is 2.74. The quantitative estimate of drug-likeness (QED) is 0.772. The number of aryl methyl sites for hydroxylation is 1. The zero-order valence-electron chi connectivity index (χ0n) is 8.53. The lowest BCUT2D eigenvalue weighted by atomic mass is 10.3. The highest BCUT2D eigenvalue weighted by atomic mass is 32.2. The number of ether oxygens (including phenoxy) is 1. The van der Waals surface area contributed by atoms with Crippen LogP contribution in [-0.4, -0.2) is 23.1 Å². The molecule has 1 aliphatic heterocycles. The first-order valence-electron chi connectivity index (χ1n) is 4.91. The molecule has 1 aliphatic rings. The molecule has 2 atom stereocenters. The van der Waals surface area contributed by atoms with Gasteiger partial charge in [0.25, 0.3) is 0 Å². The van der Waals surface area contributed by atoms with E-state index >= 15 is 0 Å². The minimum atomic E-state index is 0.382. The maximum atomic E-state index is 5.49. The number of hydrogen-bond donors (Lipinski definition) is 0. The average Bonchev–Trinajstić information content (AvgIpc) is 2.72. The van der Waals surface area contributed by atoms with E-state index in [2.05, 4.69) is 12.1 Å². The summed E-state index contributed by atoms with van der Waals surface area (Å²) in [6.45, 7) is 4.96. The summed E-state index contributed by atoms with van der Waals surface area (Å²) in [6, 6.07) is 1.99. The van der Waals surface area contributed by atoms with E-state index in [1.807, 2.05) is 24.8 Å². The van der Waals surface area contributed by atoms with Gasteiger partial charge in [0, 0.05) is 23.7 Å². The third-order valence-electron chi connectivity index (χ3n) is 2.43. The average molecular weight is 213 g/mol. The molecular formula is C10H15NO2S. The van der Waals surface area contributed by atoms with Gasteiger partial charge in [-0.2, -0.15) is 0 Å². The normalized spacial score (nSPS) is 27.0. The Morgan fingerprint density at radius 2 is 2.50 bits per heavy atom. The van der Waals surface area contributed by atoms with Crippen LogP contribution in [0.2, 0.25) is 0 Å². The fourth-order valence-electron chi connectivity index (χ4n) is 1.61. The van der Waals surface area contributed by atoms with E-state index in [9.17, 15) is 0 Å². The van der Waals surface area contributed by atoms with Gasteiger partial charge in [0.1, 0.15) is 5.76 Å². The van der Waals surface area contributed by atoms with Gasteiger partial charge in [-0.05, 0) is 20.3 Å². The largest absolute Gasteiger partial charge is 0.377 e. The van der Waals surface area contributed by atoms with E-state index in [1.165, 1.54) is 0 Å². The summed E-state index contributed by atoms with van der Waals surface area (Å²) in [4.78, 5) is 0. The molecule has 1 saturated heterocycles. The molecule has 0 amide bonds. The molecule has 4 heteroatoms. The zero-order chi connectivity index (χ0) is 9.97. The predicted octanol–water partition coefficient (Wildman–Crippen LogP) is 2.39. The summed E-state index contributed by atoms with van der Waals surface area (Å²) in [5.41, 5.74) is 1.03. The van der Waals surface area contributed by atoms with Crippen molar-refractivity contribution >= 4 is 11.8 Å². The van der Waals surface area contributed by atoms with Crippen LogP contribution in [0.1, 0.15) is 24.8 Å². The van der Waals surface area contributed by atoms with Crippen molar-refractivity contribution in [3.8, 4) is 0 Å². The van der Waals surface area contributed by atoms with Crippen LogP contribution in [0.15, 0.2) is 10.6 Å². The Morgan fingerprint density at radius 3 is 3.07 bits per heavy atom. The zero-order valence-corrected chi connectivity index (χ0v) is 9.34. The molecule has 2 unspecified atom stereocenters. The van der Waals surface area contributed by atoms with E-state index in [-0.39, 0.29) is 0 Å². The molecule has 0 aliphatic carbocycles. The lowest BCUT2D eigenvalue weighted by Gasteiger charge is -2.11. The van der Waals surface area contributed by atoms with Crippen LogP contribution in [0.5, 0.6) is 0 Å². The third-order valence-corrected chi connectivity index (χ3v) is 3.94. The highest BCUT2D eigenvalue weighted by molar-refractivity contribution is 7.99. The maximum Gasteiger partial charge on any atom is 0.133 e. The smallest absolute Gasteiger partial charge is 0.133 e. The monoisotopic (exact) mass is 213 g/mol. The van der Waals surface area contributed by atoms with Crippen LogP contribution in [0.3, 0.4) is 0 Å². The molecule has 78 valence electrons. The van der Waals surface area contributed by atoms with Crippen molar-refractivity contribution < 1.29 is 9.26 Å². The second kappa shape index (κ2) is 4.36. The Balaban J connectivity index is 1.82. The number of rotatable bonds is 3. The van der Waals surface area contributed by atoms with Crippen molar-refractivity contribution in [1.29, 1.82) is 0 Å².